The highest BCUT2D eigenvalue weighted by molar-refractivity contribution is 6.13. The van der Waals surface area contributed by atoms with E-state index >= 15 is 0 Å². The van der Waals surface area contributed by atoms with Gasteiger partial charge in [0.25, 0.3) is 0 Å². The Hall–Kier alpha value is -3.44. The molecule has 0 aromatic heterocycles. The van der Waals surface area contributed by atoms with Gasteiger partial charge in [-0.25, -0.2) is 4.79 Å². The van der Waals surface area contributed by atoms with Crippen molar-refractivity contribution in [3.63, 3.8) is 0 Å². The molecule has 0 spiro atoms. The lowest BCUT2D eigenvalue weighted by Gasteiger charge is -2.14. The lowest BCUT2D eigenvalue weighted by molar-refractivity contribution is -0.138. The van der Waals surface area contributed by atoms with E-state index in [2.05, 4.69) is 4.99 Å². The van der Waals surface area contributed by atoms with E-state index in [1.807, 2.05) is 84.9 Å². The van der Waals surface area contributed by atoms with E-state index in [9.17, 15) is 9.90 Å². The molecule has 0 amide bonds. The van der Waals surface area contributed by atoms with Crippen LogP contribution in [-0.2, 0) is 16.0 Å². The first-order valence-corrected chi connectivity index (χ1v) is 9.79. The van der Waals surface area contributed by atoms with Gasteiger partial charge in [-0.2, -0.15) is 0 Å². The first kappa shape index (κ1) is 21.3. The third-order valence-electron chi connectivity index (χ3n) is 4.55. The minimum Gasteiger partial charge on any atom is -0.491 e. The Kier molecular flexibility index (Phi) is 7.75. The first-order chi connectivity index (χ1) is 14.7. The monoisotopic (exact) mass is 403 g/mol. The number of carboxylic acids is 1. The Labute approximate surface area is 176 Å². The maximum atomic E-state index is 12.0. The molecule has 5 heteroatoms. The minimum atomic E-state index is -0.968. The Balaban J connectivity index is 1.90. The summed E-state index contributed by atoms with van der Waals surface area (Å²) in [6.07, 6.45) is 0.264. The number of benzene rings is 3. The van der Waals surface area contributed by atoms with Crippen LogP contribution in [0.3, 0.4) is 0 Å². The van der Waals surface area contributed by atoms with Gasteiger partial charge in [0.1, 0.15) is 12.4 Å². The van der Waals surface area contributed by atoms with Crippen LogP contribution in [-0.4, -0.2) is 43.2 Å². The number of ether oxygens (including phenoxy) is 2. The highest BCUT2D eigenvalue weighted by Gasteiger charge is 2.19. The van der Waals surface area contributed by atoms with Gasteiger partial charge in [0.05, 0.1) is 12.3 Å². The molecule has 0 bridgehead atoms. The van der Waals surface area contributed by atoms with Crippen LogP contribution in [0.5, 0.6) is 5.75 Å². The van der Waals surface area contributed by atoms with Crippen molar-refractivity contribution in [3.05, 3.63) is 102 Å². The Morgan fingerprint density at radius 3 is 2.10 bits per heavy atom. The molecule has 1 unspecified atom stereocenters. The van der Waals surface area contributed by atoms with Gasteiger partial charge in [-0.3, -0.25) is 4.99 Å². The molecule has 0 saturated heterocycles. The standard InChI is InChI=1S/C25H25NO4/c1-29-15-16-30-22-14-8-9-19(17-22)18-23(25(27)28)26-24(20-10-4-2-5-11-20)21-12-6-3-7-13-21/h2-14,17,23H,15-16,18H2,1H3,(H,27,28). The predicted octanol–water partition coefficient (Wildman–Crippen LogP) is 4.25. The lowest BCUT2D eigenvalue weighted by atomic mass is 10.0. The summed E-state index contributed by atoms with van der Waals surface area (Å²) < 4.78 is 10.6. The van der Waals surface area contributed by atoms with Crippen LogP contribution in [0.2, 0.25) is 0 Å². The molecular weight excluding hydrogens is 378 g/mol. The number of carboxylic acid groups (broad SMARTS) is 1. The van der Waals surface area contributed by atoms with Gasteiger partial charge < -0.3 is 14.6 Å². The van der Waals surface area contributed by atoms with E-state index in [4.69, 9.17) is 9.47 Å². The van der Waals surface area contributed by atoms with E-state index in [1.54, 1.807) is 7.11 Å². The largest absolute Gasteiger partial charge is 0.491 e. The van der Waals surface area contributed by atoms with E-state index in [-0.39, 0.29) is 6.42 Å². The Morgan fingerprint density at radius 2 is 1.53 bits per heavy atom. The molecule has 154 valence electrons. The van der Waals surface area contributed by atoms with Gasteiger partial charge in [-0.05, 0) is 17.7 Å². The van der Waals surface area contributed by atoms with Crippen LogP contribution in [0.25, 0.3) is 0 Å². The summed E-state index contributed by atoms with van der Waals surface area (Å²) in [6, 6.07) is 25.8. The van der Waals surface area contributed by atoms with Gasteiger partial charge >= 0.3 is 5.97 Å². The molecule has 1 N–H and O–H groups in total. The molecule has 30 heavy (non-hydrogen) atoms. The topological polar surface area (TPSA) is 68.1 Å². The fourth-order valence-electron chi connectivity index (χ4n) is 3.08. The molecule has 0 radical (unpaired) electrons. The maximum Gasteiger partial charge on any atom is 0.328 e. The zero-order chi connectivity index (χ0) is 21.2. The zero-order valence-electron chi connectivity index (χ0n) is 16.9. The summed E-state index contributed by atoms with van der Waals surface area (Å²) in [5.41, 5.74) is 3.27. The summed E-state index contributed by atoms with van der Waals surface area (Å²) in [7, 11) is 1.62. The van der Waals surface area contributed by atoms with Gasteiger partial charge in [0.15, 0.2) is 6.04 Å². The molecule has 0 aliphatic heterocycles. The molecule has 0 aliphatic rings. The summed E-state index contributed by atoms with van der Waals surface area (Å²) >= 11 is 0. The molecule has 3 rings (SSSR count). The highest BCUT2D eigenvalue weighted by atomic mass is 16.5. The van der Waals surface area contributed by atoms with Crippen LogP contribution in [0.15, 0.2) is 89.9 Å². The van der Waals surface area contributed by atoms with E-state index in [0.29, 0.717) is 24.7 Å². The van der Waals surface area contributed by atoms with Crippen molar-refractivity contribution >= 4 is 11.7 Å². The number of nitrogens with zero attached hydrogens (tertiary/aromatic N) is 1. The molecule has 0 saturated carbocycles. The van der Waals surface area contributed by atoms with E-state index in [0.717, 1.165) is 16.7 Å². The number of aliphatic carboxylic acids is 1. The van der Waals surface area contributed by atoms with Crippen molar-refractivity contribution in [1.29, 1.82) is 0 Å². The molecule has 0 heterocycles. The first-order valence-electron chi connectivity index (χ1n) is 9.79. The van der Waals surface area contributed by atoms with Crippen molar-refractivity contribution in [2.45, 2.75) is 12.5 Å². The summed E-state index contributed by atoms with van der Waals surface area (Å²) in [4.78, 5) is 16.7. The molecule has 3 aromatic carbocycles. The Bertz CT molecular complexity index is 929. The minimum absolute atomic E-state index is 0.264. The average Bonchev–Trinajstić information content (AvgIpc) is 2.78. The normalized spacial score (nSPS) is 11.5. The third-order valence-corrected chi connectivity index (χ3v) is 4.55. The lowest BCUT2D eigenvalue weighted by Crippen LogP contribution is -2.23. The second kappa shape index (κ2) is 10.9. The summed E-state index contributed by atoms with van der Waals surface area (Å²) in [6.45, 7) is 0.927. The van der Waals surface area contributed by atoms with Gasteiger partial charge in [-0.15, -0.1) is 0 Å². The second-order valence-corrected chi connectivity index (χ2v) is 6.76. The van der Waals surface area contributed by atoms with Crippen molar-refractivity contribution in [1.82, 2.24) is 0 Å². The number of aliphatic imine (C=N–C) groups is 1. The summed E-state index contributed by atoms with van der Waals surface area (Å²) in [5, 5.41) is 9.87. The smallest absolute Gasteiger partial charge is 0.328 e. The van der Waals surface area contributed by atoms with E-state index < -0.39 is 12.0 Å². The highest BCUT2D eigenvalue weighted by Crippen LogP contribution is 2.18. The van der Waals surface area contributed by atoms with Crippen LogP contribution in [0.4, 0.5) is 0 Å². The van der Waals surface area contributed by atoms with Crippen LogP contribution in [0.1, 0.15) is 16.7 Å². The van der Waals surface area contributed by atoms with Crippen molar-refractivity contribution in [2.24, 2.45) is 4.99 Å². The Morgan fingerprint density at radius 1 is 0.900 bits per heavy atom. The third kappa shape index (κ3) is 6.03. The molecule has 0 aliphatic carbocycles. The zero-order valence-corrected chi connectivity index (χ0v) is 16.9. The van der Waals surface area contributed by atoms with Gasteiger partial charge in [-0.1, -0.05) is 72.8 Å². The average molecular weight is 403 g/mol. The van der Waals surface area contributed by atoms with Crippen LogP contribution < -0.4 is 4.74 Å². The SMILES string of the molecule is COCCOc1cccc(CC(N=C(c2ccccc2)c2ccccc2)C(=O)O)c1. The van der Waals surface area contributed by atoms with Crippen molar-refractivity contribution < 1.29 is 19.4 Å². The van der Waals surface area contributed by atoms with E-state index in [1.165, 1.54) is 0 Å². The maximum absolute atomic E-state index is 12.0. The van der Waals surface area contributed by atoms with Gasteiger partial charge in [0.2, 0.25) is 0 Å². The number of hydrogen-bond acceptors (Lipinski definition) is 4. The van der Waals surface area contributed by atoms with Gasteiger partial charge in [0, 0.05) is 24.7 Å². The predicted molar refractivity (Wildman–Crippen MR) is 117 cm³/mol. The molecular formula is C25H25NO4. The second-order valence-electron chi connectivity index (χ2n) is 6.76. The molecule has 3 aromatic rings. The quantitative estimate of drug-likeness (QED) is 0.406. The number of carbonyl (C=O) groups is 1. The summed E-state index contributed by atoms with van der Waals surface area (Å²) in [5.74, 6) is -0.283. The van der Waals surface area contributed by atoms with Crippen molar-refractivity contribution in [2.75, 3.05) is 20.3 Å². The van der Waals surface area contributed by atoms with Crippen LogP contribution in [0, 0.1) is 0 Å². The number of rotatable bonds is 10. The number of hydrogen-bond donors (Lipinski definition) is 1. The molecule has 5 nitrogen and oxygen atoms in total. The fourth-order valence-corrected chi connectivity index (χ4v) is 3.08. The van der Waals surface area contributed by atoms with Crippen LogP contribution >= 0.6 is 0 Å². The molecule has 0 fully saturated rings. The number of methoxy groups -OCH3 is 1. The van der Waals surface area contributed by atoms with Crippen molar-refractivity contribution in [3.8, 4) is 5.75 Å². The fraction of sp³-hybridized carbons (Fsp3) is 0.200. The molecule has 1 atom stereocenters.